The molecule has 2 nitrogen and oxygen atoms in total. The van der Waals surface area contributed by atoms with Gasteiger partial charge in [-0.15, -0.1) is 11.3 Å². The molecule has 16 heavy (non-hydrogen) atoms. The minimum absolute atomic E-state index is 0.00441. The Labute approximate surface area is 121 Å². The van der Waals surface area contributed by atoms with Crippen molar-refractivity contribution >= 4 is 49.9 Å². The lowest BCUT2D eigenvalue weighted by atomic mass is 10.1. The number of halogens is 2. The Balaban J connectivity index is 2.20. The van der Waals surface area contributed by atoms with Gasteiger partial charge in [-0.05, 0) is 46.4 Å². The number of hydrogen-bond acceptors (Lipinski definition) is 3. The summed E-state index contributed by atoms with van der Waals surface area (Å²) in [6.45, 7) is 0. The molecule has 0 aliphatic rings. The van der Waals surface area contributed by atoms with E-state index in [1.54, 1.807) is 11.3 Å². The highest BCUT2D eigenvalue weighted by atomic mass is 127. The molecular weight excluding hydrogens is 399 g/mol. The lowest BCUT2D eigenvalue weighted by Crippen LogP contribution is -2.14. The summed E-state index contributed by atoms with van der Waals surface area (Å²) >= 11 is 7.48. The van der Waals surface area contributed by atoms with Gasteiger partial charge in [-0.3, -0.25) is 0 Å². The average Bonchev–Trinajstić information content (AvgIpc) is 2.74. The van der Waals surface area contributed by atoms with E-state index in [1.807, 2.05) is 17.6 Å². The van der Waals surface area contributed by atoms with Gasteiger partial charge in [0, 0.05) is 32.1 Å². The van der Waals surface area contributed by atoms with Crippen molar-refractivity contribution in [3.05, 3.63) is 48.4 Å². The van der Waals surface area contributed by atoms with Gasteiger partial charge >= 0.3 is 0 Å². The van der Waals surface area contributed by atoms with Gasteiger partial charge in [0.05, 0.1) is 5.01 Å². The van der Waals surface area contributed by atoms with Crippen molar-refractivity contribution in [2.45, 2.75) is 12.5 Å². The van der Waals surface area contributed by atoms with Gasteiger partial charge in [-0.1, -0.05) is 15.9 Å². The van der Waals surface area contributed by atoms with Crippen molar-refractivity contribution in [2.24, 2.45) is 5.73 Å². The Hall–Kier alpha value is 0.0200. The van der Waals surface area contributed by atoms with Gasteiger partial charge in [0.15, 0.2) is 0 Å². The molecule has 0 saturated heterocycles. The Morgan fingerprint density at radius 2 is 2.31 bits per heavy atom. The monoisotopic (exact) mass is 408 g/mol. The van der Waals surface area contributed by atoms with Crippen molar-refractivity contribution in [3.63, 3.8) is 0 Å². The molecule has 2 aromatic rings. The first-order chi connectivity index (χ1) is 7.66. The van der Waals surface area contributed by atoms with Crippen molar-refractivity contribution in [1.82, 2.24) is 4.98 Å². The second kappa shape index (κ2) is 5.57. The van der Waals surface area contributed by atoms with Crippen LogP contribution in [0.5, 0.6) is 0 Å². The van der Waals surface area contributed by atoms with E-state index in [9.17, 15) is 0 Å². The summed E-state index contributed by atoms with van der Waals surface area (Å²) < 4.78 is 2.27. The minimum Gasteiger partial charge on any atom is -0.324 e. The largest absolute Gasteiger partial charge is 0.324 e. The highest BCUT2D eigenvalue weighted by Gasteiger charge is 2.12. The van der Waals surface area contributed by atoms with Gasteiger partial charge in [-0.25, -0.2) is 4.98 Å². The number of nitrogens with two attached hydrogens (primary N) is 1. The van der Waals surface area contributed by atoms with E-state index < -0.39 is 0 Å². The maximum atomic E-state index is 6.19. The van der Waals surface area contributed by atoms with E-state index in [4.69, 9.17) is 5.73 Å². The topological polar surface area (TPSA) is 38.9 Å². The summed E-state index contributed by atoms with van der Waals surface area (Å²) in [5.41, 5.74) is 7.33. The van der Waals surface area contributed by atoms with Crippen LogP contribution < -0.4 is 5.73 Å². The predicted octanol–water partition coefficient (Wildman–Crippen LogP) is 3.75. The molecule has 1 aromatic carbocycles. The van der Waals surface area contributed by atoms with E-state index in [2.05, 4.69) is 55.6 Å². The molecule has 1 heterocycles. The third-order valence-corrected chi connectivity index (χ3v) is 4.43. The lowest BCUT2D eigenvalue weighted by Gasteiger charge is -2.12. The van der Waals surface area contributed by atoms with E-state index in [1.165, 1.54) is 3.57 Å². The zero-order chi connectivity index (χ0) is 11.5. The van der Waals surface area contributed by atoms with Crippen LogP contribution in [0, 0.1) is 3.57 Å². The first-order valence-corrected chi connectivity index (χ1v) is 7.51. The molecule has 0 radical (unpaired) electrons. The maximum absolute atomic E-state index is 6.19. The summed E-state index contributed by atoms with van der Waals surface area (Å²) in [5.74, 6) is 0. The van der Waals surface area contributed by atoms with Gasteiger partial charge < -0.3 is 5.73 Å². The molecule has 0 aliphatic carbocycles. The predicted molar refractivity (Wildman–Crippen MR) is 79.6 cm³/mol. The molecular formula is C11H10BrIN2S. The number of thiazole rings is 1. The van der Waals surface area contributed by atoms with Crippen LogP contribution in [0.2, 0.25) is 0 Å². The molecule has 0 bridgehead atoms. The zero-order valence-corrected chi connectivity index (χ0v) is 12.9. The number of benzene rings is 1. The molecule has 0 aliphatic heterocycles. The third-order valence-electron chi connectivity index (χ3n) is 2.24. The molecule has 2 N–H and O–H groups in total. The van der Waals surface area contributed by atoms with Crippen LogP contribution >= 0.6 is 49.9 Å². The van der Waals surface area contributed by atoms with Crippen LogP contribution in [0.15, 0.2) is 34.2 Å². The zero-order valence-electron chi connectivity index (χ0n) is 8.36. The second-order valence-corrected chi connectivity index (χ2v) is 6.48. The van der Waals surface area contributed by atoms with Crippen molar-refractivity contribution < 1.29 is 0 Å². The fourth-order valence-electron chi connectivity index (χ4n) is 1.45. The average molecular weight is 409 g/mol. The minimum atomic E-state index is -0.00441. The highest BCUT2D eigenvalue weighted by Crippen LogP contribution is 2.26. The van der Waals surface area contributed by atoms with E-state index in [0.717, 1.165) is 21.5 Å². The van der Waals surface area contributed by atoms with Crippen LogP contribution in [0.25, 0.3) is 0 Å². The Morgan fingerprint density at radius 1 is 1.50 bits per heavy atom. The molecule has 0 fully saturated rings. The highest BCUT2D eigenvalue weighted by molar-refractivity contribution is 14.1. The molecule has 84 valence electrons. The number of aromatic nitrogens is 1. The van der Waals surface area contributed by atoms with E-state index in [0.29, 0.717) is 0 Å². The van der Waals surface area contributed by atoms with Crippen LogP contribution in [-0.4, -0.2) is 4.98 Å². The van der Waals surface area contributed by atoms with Crippen molar-refractivity contribution in [2.75, 3.05) is 0 Å². The summed E-state index contributed by atoms with van der Waals surface area (Å²) in [6.07, 6.45) is 2.60. The van der Waals surface area contributed by atoms with Crippen LogP contribution in [0.3, 0.4) is 0 Å². The summed E-state index contributed by atoms with van der Waals surface area (Å²) in [6, 6.07) is 6.21. The number of hydrogen-bond donors (Lipinski definition) is 1. The third kappa shape index (κ3) is 3.03. The van der Waals surface area contributed by atoms with Crippen LogP contribution in [0.4, 0.5) is 0 Å². The first-order valence-electron chi connectivity index (χ1n) is 4.75. The summed E-state index contributed by atoms with van der Waals surface area (Å²) in [7, 11) is 0. The molecule has 0 saturated carbocycles. The molecule has 1 aromatic heterocycles. The summed E-state index contributed by atoms with van der Waals surface area (Å²) in [4.78, 5) is 4.26. The lowest BCUT2D eigenvalue weighted by molar-refractivity contribution is 0.714. The molecule has 5 heteroatoms. The van der Waals surface area contributed by atoms with E-state index in [-0.39, 0.29) is 6.04 Å². The molecule has 0 amide bonds. The summed E-state index contributed by atoms with van der Waals surface area (Å²) in [5, 5.41) is 3.06. The maximum Gasteiger partial charge on any atom is 0.0943 e. The smallest absolute Gasteiger partial charge is 0.0943 e. The normalized spacial score (nSPS) is 12.7. The first kappa shape index (κ1) is 12.5. The van der Waals surface area contributed by atoms with Gasteiger partial charge in [-0.2, -0.15) is 0 Å². The Morgan fingerprint density at radius 3 is 3.00 bits per heavy atom. The fourth-order valence-corrected chi connectivity index (χ4v) is 3.18. The number of rotatable bonds is 3. The Bertz CT molecular complexity index is 473. The molecule has 2 rings (SSSR count). The number of nitrogens with zero attached hydrogens (tertiary/aromatic N) is 1. The molecule has 1 atom stereocenters. The van der Waals surface area contributed by atoms with Crippen molar-refractivity contribution in [3.8, 4) is 0 Å². The van der Waals surface area contributed by atoms with Gasteiger partial charge in [0.25, 0.3) is 0 Å². The van der Waals surface area contributed by atoms with E-state index >= 15 is 0 Å². The SMILES string of the molecule is NC(Cc1nccs1)c1cc(I)ccc1Br. The standard InChI is InChI=1S/C11H10BrIN2S/c12-9-2-1-7(13)5-8(9)10(14)6-11-15-3-4-16-11/h1-5,10H,6,14H2. The van der Waals surface area contributed by atoms with Crippen LogP contribution in [0.1, 0.15) is 16.6 Å². The van der Waals surface area contributed by atoms with Crippen molar-refractivity contribution in [1.29, 1.82) is 0 Å². The van der Waals surface area contributed by atoms with Crippen LogP contribution in [-0.2, 0) is 6.42 Å². The molecule has 1 unspecified atom stereocenters. The van der Waals surface area contributed by atoms with Gasteiger partial charge in [0.1, 0.15) is 0 Å². The van der Waals surface area contributed by atoms with Gasteiger partial charge in [0.2, 0.25) is 0 Å². The second-order valence-electron chi connectivity index (χ2n) is 3.40. The Kier molecular flexibility index (Phi) is 4.34. The quantitative estimate of drug-likeness (QED) is 0.785. The molecule has 0 spiro atoms. The fraction of sp³-hybridized carbons (Fsp3) is 0.182.